The van der Waals surface area contributed by atoms with E-state index in [9.17, 15) is 5.11 Å². The minimum absolute atomic E-state index is 0.313. The fraction of sp³-hybridized carbons (Fsp3) is 0.667. The van der Waals surface area contributed by atoms with E-state index >= 15 is 0 Å². The number of quaternary nitrogens is 1. The van der Waals surface area contributed by atoms with Gasteiger partial charge in [0.2, 0.25) is 0 Å². The van der Waals surface area contributed by atoms with Crippen LogP contribution in [0.3, 0.4) is 0 Å². The van der Waals surface area contributed by atoms with Gasteiger partial charge in [0.15, 0.2) is 0 Å². The first-order valence-corrected chi connectivity index (χ1v) is 8.10. The Bertz CT molecular complexity index is 472. The van der Waals surface area contributed by atoms with Gasteiger partial charge in [-0.1, -0.05) is 25.0 Å². The van der Waals surface area contributed by atoms with Crippen LogP contribution in [0.4, 0.5) is 0 Å². The zero-order valence-corrected chi connectivity index (χ0v) is 13.9. The number of hydrogen-bond donors (Lipinski definition) is 1. The van der Waals surface area contributed by atoms with Crippen LogP contribution in [-0.2, 0) is 5.60 Å². The normalized spacial score (nSPS) is 26.6. The molecule has 0 bridgehead atoms. The summed E-state index contributed by atoms with van der Waals surface area (Å²) in [6.07, 6.45) is 4.29. The molecule has 0 saturated heterocycles. The Morgan fingerprint density at radius 1 is 1.33 bits per heavy atom. The van der Waals surface area contributed by atoms with Gasteiger partial charge in [-0.2, -0.15) is 0 Å². The van der Waals surface area contributed by atoms with E-state index in [0.29, 0.717) is 5.92 Å². The molecule has 1 saturated carbocycles. The van der Waals surface area contributed by atoms with Crippen molar-refractivity contribution in [2.24, 2.45) is 5.92 Å². The maximum atomic E-state index is 11.4. The van der Waals surface area contributed by atoms with Gasteiger partial charge >= 0.3 is 0 Å². The molecule has 1 aromatic carbocycles. The molecule has 2 rings (SSSR count). The van der Waals surface area contributed by atoms with Crippen LogP contribution in [0.5, 0.6) is 5.75 Å². The van der Waals surface area contributed by atoms with Crippen molar-refractivity contribution in [2.45, 2.75) is 38.2 Å². The summed E-state index contributed by atoms with van der Waals surface area (Å²) in [6, 6.07) is 7.98. The van der Waals surface area contributed by atoms with Crippen molar-refractivity contribution in [1.82, 2.24) is 0 Å². The van der Waals surface area contributed by atoms with Crippen LogP contribution < -0.4 is 4.74 Å². The number of methoxy groups -OCH3 is 1. The standard InChI is InChI=1S/C18H30NO2/c1-5-19(2,3)14-16-9-6-7-12-18(16,20)15-10-8-11-17(13-15)21-4/h8,10-11,13,16,20H,5-7,9,12,14H2,1-4H3/q+1/t16-,18+/m1/s1. The predicted octanol–water partition coefficient (Wildman–Crippen LogP) is 3.17. The van der Waals surface area contributed by atoms with Gasteiger partial charge in [0.25, 0.3) is 0 Å². The fourth-order valence-electron chi connectivity index (χ4n) is 3.47. The van der Waals surface area contributed by atoms with Gasteiger partial charge in [0.1, 0.15) is 5.75 Å². The fourth-order valence-corrected chi connectivity index (χ4v) is 3.47. The van der Waals surface area contributed by atoms with E-state index in [1.54, 1.807) is 7.11 Å². The SMILES string of the molecule is CC[N+](C)(C)C[C@H]1CCCC[C@]1(O)c1cccc(OC)c1. The Labute approximate surface area is 129 Å². The number of rotatable bonds is 5. The Balaban J connectivity index is 2.30. The average molecular weight is 292 g/mol. The van der Waals surface area contributed by atoms with E-state index in [4.69, 9.17) is 4.74 Å². The minimum Gasteiger partial charge on any atom is -0.497 e. The van der Waals surface area contributed by atoms with E-state index in [2.05, 4.69) is 21.0 Å². The molecule has 0 unspecified atom stereocenters. The largest absolute Gasteiger partial charge is 0.497 e. The summed E-state index contributed by atoms with van der Waals surface area (Å²) in [5.74, 6) is 1.14. The molecule has 3 heteroatoms. The van der Waals surface area contributed by atoms with Gasteiger partial charge in [-0.15, -0.1) is 0 Å². The summed E-state index contributed by atoms with van der Waals surface area (Å²) in [4.78, 5) is 0. The second-order valence-electron chi connectivity index (χ2n) is 7.03. The Morgan fingerprint density at radius 2 is 2.10 bits per heavy atom. The van der Waals surface area contributed by atoms with Gasteiger partial charge in [-0.25, -0.2) is 0 Å². The topological polar surface area (TPSA) is 29.5 Å². The second kappa shape index (κ2) is 6.37. The Kier molecular flexibility index (Phi) is 4.95. The summed E-state index contributed by atoms with van der Waals surface area (Å²) >= 11 is 0. The third-order valence-corrected chi connectivity index (χ3v) is 5.18. The summed E-state index contributed by atoms with van der Waals surface area (Å²) in [5.41, 5.74) is 0.306. The molecule has 0 amide bonds. The van der Waals surface area contributed by atoms with Crippen LogP contribution in [0.15, 0.2) is 24.3 Å². The Hall–Kier alpha value is -1.06. The second-order valence-corrected chi connectivity index (χ2v) is 7.03. The lowest BCUT2D eigenvalue weighted by Crippen LogP contribution is -2.50. The molecule has 1 fully saturated rings. The summed E-state index contributed by atoms with van der Waals surface area (Å²) < 4.78 is 6.29. The average Bonchev–Trinajstić information content (AvgIpc) is 2.49. The van der Waals surface area contributed by atoms with Gasteiger partial charge in [-0.05, 0) is 37.5 Å². The zero-order chi connectivity index (χ0) is 15.5. The number of benzene rings is 1. The van der Waals surface area contributed by atoms with Crippen LogP contribution in [0.1, 0.15) is 38.2 Å². The number of aliphatic hydroxyl groups is 1. The molecule has 3 nitrogen and oxygen atoms in total. The van der Waals surface area contributed by atoms with Gasteiger partial charge in [-0.3, -0.25) is 0 Å². The van der Waals surface area contributed by atoms with Gasteiger partial charge in [0.05, 0.1) is 39.9 Å². The van der Waals surface area contributed by atoms with E-state index < -0.39 is 5.60 Å². The Morgan fingerprint density at radius 3 is 2.76 bits per heavy atom. The maximum Gasteiger partial charge on any atom is 0.119 e. The molecule has 0 aromatic heterocycles. The molecule has 21 heavy (non-hydrogen) atoms. The highest BCUT2D eigenvalue weighted by atomic mass is 16.5. The maximum absolute atomic E-state index is 11.4. The van der Waals surface area contributed by atoms with Crippen LogP contribution in [0, 0.1) is 5.92 Å². The third kappa shape index (κ3) is 3.58. The van der Waals surface area contributed by atoms with Gasteiger partial charge < -0.3 is 14.3 Å². The quantitative estimate of drug-likeness (QED) is 0.845. The first-order valence-electron chi connectivity index (χ1n) is 8.10. The van der Waals surface area contributed by atoms with Crippen LogP contribution in [0.2, 0.25) is 0 Å². The summed E-state index contributed by atoms with van der Waals surface area (Å²) in [7, 11) is 6.18. The minimum atomic E-state index is -0.711. The highest BCUT2D eigenvalue weighted by molar-refractivity contribution is 5.33. The van der Waals surface area contributed by atoms with E-state index in [1.807, 2.05) is 24.3 Å². The lowest BCUT2D eigenvalue weighted by Gasteiger charge is -2.44. The van der Waals surface area contributed by atoms with Crippen molar-refractivity contribution in [2.75, 3.05) is 34.3 Å². The number of ether oxygens (including phenoxy) is 1. The van der Waals surface area contributed by atoms with Crippen molar-refractivity contribution in [1.29, 1.82) is 0 Å². The van der Waals surface area contributed by atoms with Crippen molar-refractivity contribution >= 4 is 0 Å². The van der Waals surface area contributed by atoms with E-state index in [-0.39, 0.29) is 0 Å². The van der Waals surface area contributed by atoms with Crippen molar-refractivity contribution in [3.05, 3.63) is 29.8 Å². The predicted molar refractivity (Wildman–Crippen MR) is 86.4 cm³/mol. The monoisotopic (exact) mass is 292 g/mol. The summed E-state index contributed by atoms with van der Waals surface area (Å²) in [6.45, 7) is 4.32. The molecule has 1 aliphatic rings. The molecule has 0 heterocycles. The molecule has 1 aliphatic carbocycles. The number of nitrogens with zero attached hydrogens (tertiary/aromatic N) is 1. The van der Waals surface area contributed by atoms with Crippen molar-refractivity contribution in [3.8, 4) is 5.75 Å². The van der Waals surface area contributed by atoms with Crippen molar-refractivity contribution < 1.29 is 14.3 Å². The van der Waals surface area contributed by atoms with Crippen LogP contribution in [0.25, 0.3) is 0 Å². The first kappa shape index (κ1) is 16.3. The molecule has 0 radical (unpaired) electrons. The third-order valence-electron chi connectivity index (χ3n) is 5.18. The molecular formula is C18H30NO2+. The lowest BCUT2D eigenvalue weighted by molar-refractivity contribution is -0.893. The highest BCUT2D eigenvalue weighted by Gasteiger charge is 2.43. The number of hydrogen-bond acceptors (Lipinski definition) is 2. The molecule has 0 spiro atoms. The van der Waals surface area contributed by atoms with E-state index in [1.165, 1.54) is 6.42 Å². The molecule has 1 N–H and O–H groups in total. The van der Waals surface area contributed by atoms with Crippen LogP contribution >= 0.6 is 0 Å². The molecule has 118 valence electrons. The first-order chi connectivity index (χ1) is 9.91. The molecule has 2 atom stereocenters. The summed E-state index contributed by atoms with van der Waals surface area (Å²) in [5, 5.41) is 11.4. The van der Waals surface area contributed by atoms with Crippen molar-refractivity contribution in [3.63, 3.8) is 0 Å². The lowest BCUT2D eigenvalue weighted by atomic mass is 9.71. The zero-order valence-electron chi connectivity index (χ0n) is 13.9. The molecular weight excluding hydrogens is 262 g/mol. The highest BCUT2D eigenvalue weighted by Crippen LogP contribution is 2.43. The van der Waals surface area contributed by atoms with Gasteiger partial charge in [0, 0.05) is 5.92 Å². The smallest absolute Gasteiger partial charge is 0.119 e. The van der Waals surface area contributed by atoms with Crippen LogP contribution in [-0.4, -0.2) is 43.9 Å². The molecule has 0 aliphatic heterocycles. The van der Waals surface area contributed by atoms with E-state index in [0.717, 1.165) is 48.1 Å². The molecule has 1 aromatic rings.